The van der Waals surface area contributed by atoms with Gasteiger partial charge in [-0.2, -0.15) is 0 Å². The molecule has 0 aliphatic carbocycles. The number of rotatable bonds is 4. The minimum absolute atomic E-state index is 0.133. The number of methoxy groups -OCH3 is 1. The molecule has 4 nitrogen and oxygen atoms in total. The number of likely N-dealkylation sites (tertiary alicyclic amines) is 1. The van der Waals surface area contributed by atoms with Gasteiger partial charge in [0.2, 0.25) is 0 Å². The van der Waals surface area contributed by atoms with Gasteiger partial charge in [-0.05, 0) is 18.1 Å². The molecular formula is C16H21NO3. The van der Waals surface area contributed by atoms with Gasteiger partial charge in [0.15, 0.2) is 0 Å². The molecule has 0 aromatic heterocycles. The Morgan fingerprint density at radius 2 is 2.15 bits per heavy atom. The molecule has 1 unspecified atom stereocenters. The topological polar surface area (TPSA) is 46.6 Å². The van der Waals surface area contributed by atoms with Crippen molar-refractivity contribution in [2.45, 2.75) is 26.3 Å². The SMILES string of the molecule is CCC1CN(Cc2ccccc2C(=O)OC)CCC1=O. The molecule has 1 aliphatic rings. The number of benzene rings is 1. The first-order valence-corrected chi connectivity index (χ1v) is 7.07. The highest BCUT2D eigenvalue weighted by atomic mass is 16.5. The van der Waals surface area contributed by atoms with Crippen LogP contribution in [0.5, 0.6) is 0 Å². The second kappa shape index (κ2) is 6.66. The van der Waals surface area contributed by atoms with Crippen molar-refractivity contribution < 1.29 is 14.3 Å². The van der Waals surface area contributed by atoms with Gasteiger partial charge in [-0.1, -0.05) is 25.1 Å². The van der Waals surface area contributed by atoms with Gasteiger partial charge in [0.05, 0.1) is 12.7 Å². The van der Waals surface area contributed by atoms with E-state index in [1.165, 1.54) is 7.11 Å². The average Bonchev–Trinajstić information content (AvgIpc) is 2.49. The Bertz CT molecular complexity index is 498. The van der Waals surface area contributed by atoms with Crippen LogP contribution in [0.25, 0.3) is 0 Å². The van der Waals surface area contributed by atoms with Crippen molar-refractivity contribution in [3.63, 3.8) is 0 Å². The van der Waals surface area contributed by atoms with Crippen LogP contribution in [-0.4, -0.2) is 36.9 Å². The van der Waals surface area contributed by atoms with Crippen molar-refractivity contribution in [3.05, 3.63) is 35.4 Å². The van der Waals surface area contributed by atoms with Gasteiger partial charge in [0.1, 0.15) is 5.78 Å². The van der Waals surface area contributed by atoms with E-state index in [0.717, 1.165) is 25.1 Å². The number of Topliss-reactive ketones (excluding diaryl/α,β-unsaturated/α-hetero) is 1. The molecule has 1 aromatic rings. The van der Waals surface area contributed by atoms with Gasteiger partial charge in [-0.15, -0.1) is 0 Å². The lowest BCUT2D eigenvalue weighted by Gasteiger charge is -2.31. The van der Waals surface area contributed by atoms with E-state index in [2.05, 4.69) is 11.8 Å². The zero-order valence-electron chi connectivity index (χ0n) is 12.1. The largest absolute Gasteiger partial charge is 0.465 e. The lowest BCUT2D eigenvalue weighted by Crippen LogP contribution is -2.40. The van der Waals surface area contributed by atoms with Gasteiger partial charge in [0.25, 0.3) is 0 Å². The maximum absolute atomic E-state index is 11.8. The molecule has 0 saturated carbocycles. The zero-order valence-corrected chi connectivity index (χ0v) is 12.1. The predicted molar refractivity (Wildman–Crippen MR) is 76.5 cm³/mol. The fourth-order valence-corrected chi connectivity index (χ4v) is 2.69. The second-order valence-corrected chi connectivity index (χ2v) is 5.21. The smallest absolute Gasteiger partial charge is 0.338 e. The molecule has 0 bridgehead atoms. The summed E-state index contributed by atoms with van der Waals surface area (Å²) in [7, 11) is 1.39. The summed E-state index contributed by atoms with van der Waals surface area (Å²) in [4.78, 5) is 25.7. The number of carbonyl (C=O) groups excluding carboxylic acids is 2. The van der Waals surface area contributed by atoms with E-state index in [-0.39, 0.29) is 11.9 Å². The molecule has 0 N–H and O–H groups in total. The molecule has 4 heteroatoms. The summed E-state index contributed by atoms with van der Waals surface area (Å²) in [5.74, 6) is 0.194. The van der Waals surface area contributed by atoms with Gasteiger partial charge in [0, 0.05) is 32.0 Å². The summed E-state index contributed by atoms with van der Waals surface area (Å²) in [6.07, 6.45) is 1.49. The van der Waals surface area contributed by atoms with Crippen molar-refractivity contribution in [2.75, 3.05) is 20.2 Å². The van der Waals surface area contributed by atoms with E-state index in [4.69, 9.17) is 4.74 Å². The number of ether oxygens (including phenoxy) is 1. The molecule has 0 amide bonds. The molecule has 1 saturated heterocycles. The Balaban J connectivity index is 2.10. The van der Waals surface area contributed by atoms with Crippen LogP contribution in [-0.2, 0) is 16.1 Å². The summed E-state index contributed by atoms with van der Waals surface area (Å²) in [5, 5.41) is 0. The van der Waals surface area contributed by atoms with Crippen LogP contribution in [0.15, 0.2) is 24.3 Å². The molecule has 0 spiro atoms. The molecule has 0 radical (unpaired) electrons. The highest BCUT2D eigenvalue weighted by Crippen LogP contribution is 2.20. The van der Waals surface area contributed by atoms with Gasteiger partial charge in [-0.3, -0.25) is 9.69 Å². The van der Waals surface area contributed by atoms with Crippen LogP contribution in [0, 0.1) is 5.92 Å². The molecule has 1 heterocycles. The number of nitrogens with zero attached hydrogens (tertiary/aromatic N) is 1. The summed E-state index contributed by atoms with van der Waals surface area (Å²) in [5.41, 5.74) is 1.57. The van der Waals surface area contributed by atoms with E-state index in [1.807, 2.05) is 18.2 Å². The summed E-state index contributed by atoms with van der Waals surface area (Å²) >= 11 is 0. The van der Waals surface area contributed by atoms with Crippen LogP contribution >= 0.6 is 0 Å². The van der Waals surface area contributed by atoms with Crippen molar-refractivity contribution in [3.8, 4) is 0 Å². The summed E-state index contributed by atoms with van der Waals surface area (Å²) in [6.45, 7) is 4.29. The van der Waals surface area contributed by atoms with Crippen LogP contribution < -0.4 is 0 Å². The number of piperidine rings is 1. The van der Waals surface area contributed by atoms with Crippen LogP contribution in [0.2, 0.25) is 0 Å². The Kier molecular flexibility index (Phi) is 4.90. The molecule has 1 atom stereocenters. The van der Waals surface area contributed by atoms with Crippen molar-refractivity contribution >= 4 is 11.8 Å². The van der Waals surface area contributed by atoms with Crippen molar-refractivity contribution in [1.29, 1.82) is 0 Å². The minimum Gasteiger partial charge on any atom is -0.465 e. The van der Waals surface area contributed by atoms with E-state index >= 15 is 0 Å². The van der Waals surface area contributed by atoms with Crippen LogP contribution in [0.4, 0.5) is 0 Å². The molecule has 1 aliphatic heterocycles. The molecule has 2 rings (SSSR count). The van der Waals surface area contributed by atoms with Crippen LogP contribution in [0.1, 0.15) is 35.7 Å². The Labute approximate surface area is 119 Å². The standard InChI is InChI=1S/C16H21NO3/c1-3-12-10-17(9-8-15(12)18)11-13-6-4-5-7-14(13)16(19)20-2/h4-7,12H,3,8-11H2,1-2H3. The molecular weight excluding hydrogens is 254 g/mol. The zero-order chi connectivity index (χ0) is 14.5. The Morgan fingerprint density at radius 3 is 2.85 bits per heavy atom. The third-order valence-electron chi connectivity index (χ3n) is 3.92. The third kappa shape index (κ3) is 3.25. The van der Waals surface area contributed by atoms with Crippen molar-refractivity contribution in [2.24, 2.45) is 5.92 Å². The molecule has 20 heavy (non-hydrogen) atoms. The lowest BCUT2D eigenvalue weighted by molar-refractivity contribution is -0.126. The van der Waals surface area contributed by atoms with E-state index < -0.39 is 0 Å². The van der Waals surface area contributed by atoms with Gasteiger partial charge >= 0.3 is 5.97 Å². The fraction of sp³-hybridized carbons (Fsp3) is 0.500. The maximum Gasteiger partial charge on any atom is 0.338 e. The monoisotopic (exact) mass is 275 g/mol. The average molecular weight is 275 g/mol. The van der Waals surface area contributed by atoms with E-state index in [0.29, 0.717) is 24.3 Å². The number of carbonyl (C=O) groups is 2. The number of hydrogen-bond donors (Lipinski definition) is 0. The molecule has 1 aromatic carbocycles. The Morgan fingerprint density at radius 1 is 1.40 bits per heavy atom. The van der Waals surface area contributed by atoms with Crippen molar-refractivity contribution in [1.82, 2.24) is 4.90 Å². The summed E-state index contributed by atoms with van der Waals surface area (Å²) in [6, 6.07) is 7.50. The second-order valence-electron chi connectivity index (χ2n) is 5.21. The predicted octanol–water partition coefficient (Wildman–Crippen LogP) is 2.27. The number of ketones is 1. The quantitative estimate of drug-likeness (QED) is 0.791. The highest BCUT2D eigenvalue weighted by Gasteiger charge is 2.26. The minimum atomic E-state index is -0.305. The number of hydrogen-bond acceptors (Lipinski definition) is 4. The van der Waals surface area contributed by atoms with E-state index in [1.54, 1.807) is 6.07 Å². The van der Waals surface area contributed by atoms with Gasteiger partial charge < -0.3 is 4.74 Å². The number of esters is 1. The first kappa shape index (κ1) is 14.7. The summed E-state index contributed by atoms with van der Waals surface area (Å²) < 4.78 is 4.81. The van der Waals surface area contributed by atoms with E-state index in [9.17, 15) is 9.59 Å². The van der Waals surface area contributed by atoms with Crippen LogP contribution in [0.3, 0.4) is 0 Å². The maximum atomic E-state index is 11.8. The highest BCUT2D eigenvalue weighted by molar-refractivity contribution is 5.91. The molecule has 108 valence electrons. The fourth-order valence-electron chi connectivity index (χ4n) is 2.69. The first-order chi connectivity index (χ1) is 9.65. The normalized spacial score (nSPS) is 19.9. The first-order valence-electron chi connectivity index (χ1n) is 7.07. The molecule has 1 fully saturated rings. The third-order valence-corrected chi connectivity index (χ3v) is 3.92. The van der Waals surface area contributed by atoms with Gasteiger partial charge in [-0.25, -0.2) is 4.79 Å². The lowest BCUT2D eigenvalue weighted by atomic mass is 9.93. The Hall–Kier alpha value is -1.68.